The van der Waals surface area contributed by atoms with Gasteiger partial charge in [0.15, 0.2) is 12.6 Å². The van der Waals surface area contributed by atoms with E-state index in [1.807, 2.05) is 53.7 Å². The molecule has 0 spiro atoms. The molecule has 0 bridgehead atoms. The number of hydrogen-bond acceptors (Lipinski definition) is 6. The van der Waals surface area contributed by atoms with Gasteiger partial charge in [0.1, 0.15) is 11.6 Å². The van der Waals surface area contributed by atoms with Gasteiger partial charge in [-0.15, -0.1) is 0 Å². The van der Waals surface area contributed by atoms with Crippen molar-refractivity contribution in [2.24, 2.45) is 71.0 Å². The maximum Gasteiger partial charge on any atom is 0.154 e. The third kappa shape index (κ3) is 58.9. The van der Waals surface area contributed by atoms with Crippen LogP contribution in [0.2, 0.25) is 0 Å². The topological polar surface area (TPSA) is 55.4 Å². The number of ether oxygens (including phenoxy) is 6. The lowest BCUT2D eigenvalue weighted by atomic mass is 9.84. The normalized spacial score (nSPS) is 27.7. The molecule has 662 valence electrons. The van der Waals surface area contributed by atoms with Crippen molar-refractivity contribution in [1.29, 1.82) is 0 Å². The van der Waals surface area contributed by atoms with Crippen molar-refractivity contribution in [2.75, 3.05) is 39.6 Å². The van der Waals surface area contributed by atoms with Crippen molar-refractivity contribution in [1.82, 2.24) is 0 Å². The van der Waals surface area contributed by atoms with Crippen LogP contribution in [0.5, 0.6) is 0 Å². The van der Waals surface area contributed by atoms with Gasteiger partial charge in [-0.1, -0.05) is 239 Å². The Labute approximate surface area is 711 Å². The first-order valence-electron chi connectivity index (χ1n) is 45.6. The van der Waals surface area contributed by atoms with E-state index in [4.69, 9.17) is 28.4 Å². The highest BCUT2D eigenvalue weighted by molar-refractivity contribution is 5.24. The molecule has 4 saturated heterocycles. The fourth-order valence-corrected chi connectivity index (χ4v) is 13.2. The first kappa shape index (κ1) is 109. The molecule has 0 radical (unpaired) electrons. The van der Waals surface area contributed by atoms with E-state index >= 15 is 0 Å². The third-order valence-corrected chi connectivity index (χ3v) is 23.0. The molecule has 4 heterocycles. The second-order valence-electron chi connectivity index (χ2n) is 37.4. The highest BCUT2D eigenvalue weighted by atomic mass is 19.1. The van der Waals surface area contributed by atoms with Gasteiger partial charge in [-0.25, -0.2) is 17.6 Å². The minimum atomic E-state index is -0.116. The maximum absolute atomic E-state index is 12.7. The molecule has 10 heteroatoms. The van der Waals surface area contributed by atoms with E-state index in [1.54, 1.807) is 37.1 Å². The highest BCUT2D eigenvalue weighted by Crippen LogP contribution is 2.32. The van der Waals surface area contributed by atoms with Gasteiger partial charge in [0.2, 0.25) is 0 Å². The Hall–Kier alpha value is -4.94. The molecule has 0 amide bonds. The van der Waals surface area contributed by atoms with Gasteiger partial charge in [0.25, 0.3) is 0 Å². The number of hydrogen-bond donors (Lipinski definition) is 0. The molecule has 10 unspecified atom stereocenters. The summed E-state index contributed by atoms with van der Waals surface area (Å²) in [5, 5.41) is 0. The Bertz CT molecular complexity index is 2900. The van der Waals surface area contributed by atoms with Crippen molar-refractivity contribution in [3.63, 3.8) is 0 Å². The fraction of sp³-hybridized carbons (Fsp3) is 0.679. The van der Waals surface area contributed by atoms with Crippen molar-refractivity contribution < 1.29 is 46.0 Å². The summed E-state index contributed by atoms with van der Waals surface area (Å²) in [7, 11) is 0. The van der Waals surface area contributed by atoms with Crippen LogP contribution in [0.25, 0.3) is 0 Å². The van der Waals surface area contributed by atoms with Gasteiger partial charge < -0.3 is 28.4 Å². The van der Waals surface area contributed by atoms with Crippen LogP contribution < -0.4 is 0 Å². The summed E-state index contributed by atoms with van der Waals surface area (Å²) in [6.45, 7) is 64.2. The van der Waals surface area contributed by atoms with E-state index in [-0.39, 0.29) is 35.9 Å². The van der Waals surface area contributed by atoms with Crippen LogP contribution in [0.4, 0.5) is 17.6 Å². The average Bonchev–Trinajstić information content (AvgIpc) is 0.909. The first-order chi connectivity index (χ1) is 54.7. The van der Waals surface area contributed by atoms with Crippen LogP contribution in [-0.2, 0) is 28.4 Å². The lowest BCUT2D eigenvalue weighted by Gasteiger charge is -2.24. The van der Waals surface area contributed by atoms with Gasteiger partial charge in [0.05, 0.1) is 50.3 Å². The fourth-order valence-electron chi connectivity index (χ4n) is 13.2. The standard InChI is InChI=1S/2C8H13F.2C8H9F.C8H16.3C8H14.2C8H10.2C7H14O.2C6H12O2/c4*1-6-3-4-7(2)8(9)5-6;6*1-7-3-5-8(2)6-4-7;2*1-6-3-4-7(2)8-5-6;2*1-5-3-7-6(2)8-4-5/h2*6H,3-5H2,1-2H3;2*3-5H,1-2H3;7-8H,3-6H2,1-2H3;2*3,8H,4-6H2,1-2H3;3,5,7-8H,4,6H2,1-2H3;2*3-6H,1-2H3;2*6-7H,3-5H2,1-2H3;2*5-6H,3-4H2,1-2H3. The van der Waals surface area contributed by atoms with Crippen molar-refractivity contribution in [3.8, 4) is 0 Å². The Morgan fingerprint density at radius 3 is 0.724 bits per heavy atom. The molecule has 0 N–H and O–H groups in total. The molecule has 5 fully saturated rings. The number of benzene rings is 4. The van der Waals surface area contributed by atoms with Crippen LogP contribution in [-0.4, -0.2) is 64.4 Å². The van der Waals surface area contributed by atoms with Crippen LogP contribution in [0.3, 0.4) is 0 Å². The van der Waals surface area contributed by atoms with Gasteiger partial charge >= 0.3 is 0 Å². The van der Waals surface area contributed by atoms with Gasteiger partial charge in [-0.3, -0.25) is 0 Å². The predicted octanol–water partition coefficient (Wildman–Crippen LogP) is 32.2. The van der Waals surface area contributed by atoms with Crippen LogP contribution in [0.15, 0.2) is 143 Å². The second kappa shape index (κ2) is 64.0. The summed E-state index contributed by atoms with van der Waals surface area (Å²) < 4.78 is 82.0. The SMILES string of the molecule is CC1=C(F)CC(C)CC1.CC1=C(F)CC(C)CC1.CC1=CCC(C)CC1.CC1=CCC(C)CC1.CC1C=CC(C)CC1.CC1CCC(C)CC1.CC1CCC(C)OC1.CC1CCC(C)OC1.CC1COC(C)OC1.CC1COC(C)OC1.Cc1ccc(C)c(F)c1.Cc1ccc(C)c(F)c1.Cc1ccc(C)cc1.Cc1ccc(C)cc1. The Kier molecular flexibility index (Phi) is 60.1. The van der Waals surface area contributed by atoms with Gasteiger partial charge in [-0.05, 0) is 318 Å². The average molecular weight is 1620 g/mol. The zero-order chi connectivity index (χ0) is 87.2. The lowest BCUT2D eigenvalue weighted by Crippen LogP contribution is -2.27. The number of allylic oxidation sites excluding steroid dienone is 10. The molecule has 4 aliphatic heterocycles. The molecule has 6 aliphatic carbocycles. The lowest BCUT2D eigenvalue weighted by molar-refractivity contribution is -0.187. The number of rotatable bonds is 0. The smallest absolute Gasteiger partial charge is 0.154 e. The van der Waals surface area contributed by atoms with E-state index in [0.29, 0.717) is 59.8 Å². The third-order valence-electron chi connectivity index (χ3n) is 23.0. The van der Waals surface area contributed by atoms with E-state index in [9.17, 15) is 17.6 Å². The molecule has 6 nitrogen and oxygen atoms in total. The maximum atomic E-state index is 12.7. The van der Waals surface area contributed by atoms with E-state index < -0.39 is 0 Å². The monoisotopic (exact) mass is 1620 g/mol. The summed E-state index contributed by atoms with van der Waals surface area (Å²) >= 11 is 0. The number of halogens is 4. The molecular weight excluding hydrogens is 1450 g/mol. The largest absolute Gasteiger partial charge is 0.378 e. The first-order valence-corrected chi connectivity index (χ1v) is 45.6. The van der Waals surface area contributed by atoms with E-state index in [1.165, 1.54) is 150 Å². The molecule has 4 aromatic carbocycles. The van der Waals surface area contributed by atoms with Crippen LogP contribution in [0.1, 0.15) is 324 Å². The Balaban J connectivity index is 0.000000625. The van der Waals surface area contributed by atoms with Gasteiger partial charge in [-0.2, -0.15) is 0 Å². The number of aryl methyl sites for hydroxylation is 8. The molecule has 116 heavy (non-hydrogen) atoms. The van der Waals surface area contributed by atoms with E-state index in [2.05, 4.69) is 211 Å². The van der Waals surface area contributed by atoms with Crippen molar-refractivity contribution in [3.05, 3.63) is 199 Å². The highest BCUT2D eigenvalue weighted by Gasteiger charge is 2.19. The van der Waals surface area contributed by atoms with Crippen LogP contribution in [0, 0.1) is 138 Å². The summed E-state index contributed by atoms with van der Waals surface area (Å²) in [6.07, 6.45) is 38.0. The molecule has 1 saturated carbocycles. The quantitative estimate of drug-likeness (QED) is 0.129. The van der Waals surface area contributed by atoms with Crippen molar-refractivity contribution in [2.45, 2.75) is 360 Å². The minimum Gasteiger partial charge on any atom is -0.378 e. The molecule has 14 rings (SSSR count). The Morgan fingerprint density at radius 1 is 0.259 bits per heavy atom. The summed E-state index contributed by atoms with van der Waals surface area (Å²) in [6, 6.07) is 27.4. The Morgan fingerprint density at radius 2 is 0.526 bits per heavy atom. The zero-order valence-corrected chi connectivity index (χ0v) is 79.4. The van der Waals surface area contributed by atoms with Crippen molar-refractivity contribution >= 4 is 0 Å². The zero-order valence-electron chi connectivity index (χ0n) is 79.4. The van der Waals surface area contributed by atoms with Gasteiger partial charge in [0, 0.05) is 37.9 Å². The molecule has 0 aromatic heterocycles. The van der Waals surface area contributed by atoms with Crippen LogP contribution >= 0.6 is 0 Å². The second-order valence-corrected chi connectivity index (χ2v) is 37.4. The summed E-state index contributed by atoms with van der Waals surface area (Å²) in [5.74, 6) is 9.51. The molecular formula is C106H174F4O6. The molecule has 10 aliphatic rings. The predicted molar refractivity (Wildman–Crippen MR) is 493 cm³/mol. The summed E-state index contributed by atoms with van der Waals surface area (Å²) in [4.78, 5) is 0. The molecule has 10 atom stereocenters. The van der Waals surface area contributed by atoms with E-state index in [0.717, 1.165) is 122 Å². The summed E-state index contributed by atoms with van der Waals surface area (Å²) in [5.41, 5.74) is 13.8. The molecule has 4 aromatic rings. The minimum absolute atomic E-state index is 0.0196.